The second-order valence-corrected chi connectivity index (χ2v) is 3.42. The fourth-order valence-electron chi connectivity index (χ4n) is 0.788. The summed E-state index contributed by atoms with van der Waals surface area (Å²) in [5, 5.41) is 0. The Bertz CT molecular complexity index is 159. The lowest BCUT2D eigenvalue weighted by Gasteiger charge is -2.13. The molecule has 0 saturated heterocycles. The number of hydrogen-bond donors (Lipinski definition) is 0. The van der Waals surface area contributed by atoms with E-state index in [4.69, 9.17) is 9.47 Å². The fraction of sp³-hybridized carbons (Fsp3) is 0.667. The summed E-state index contributed by atoms with van der Waals surface area (Å²) in [6.07, 6.45) is 1.88. The van der Waals surface area contributed by atoms with Crippen LogP contribution < -0.4 is 0 Å². The first-order valence-electron chi connectivity index (χ1n) is 4.21. The van der Waals surface area contributed by atoms with E-state index >= 15 is 0 Å². The molecule has 0 aromatic carbocycles. The van der Waals surface area contributed by atoms with E-state index in [1.807, 2.05) is 0 Å². The van der Waals surface area contributed by atoms with Crippen LogP contribution in [0.1, 0.15) is 13.3 Å². The lowest BCUT2D eigenvalue weighted by Crippen LogP contribution is -2.27. The van der Waals surface area contributed by atoms with E-state index in [-0.39, 0.29) is 5.97 Å². The van der Waals surface area contributed by atoms with Crippen LogP contribution in [0.3, 0.4) is 0 Å². The van der Waals surface area contributed by atoms with Gasteiger partial charge in [0.1, 0.15) is 0 Å². The molecule has 0 fully saturated rings. The number of esters is 1. The highest BCUT2D eigenvalue weighted by atomic mass is 127. The van der Waals surface area contributed by atoms with Crippen molar-refractivity contribution < 1.29 is 14.3 Å². The van der Waals surface area contributed by atoms with Gasteiger partial charge in [-0.25, -0.2) is 4.79 Å². The lowest BCUT2D eigenvalue weighted by molar-refractivity contribution is -0.156. The van der Waals surface area contributed by atoms with Crippen LogP contribution in [-0.4, -0.2) is 29.7 Å². The first kappa shape index (κ1) is 12.9. The average Bonchev–Trinajstić information content (AvgIpc) is 2.12. The molecule has 0 aromatic heterocycles. The molecule has 0 radical (unpaired) electrons. The van der Waals surface area contributed by atoms with Gasteiger partial charge in [0.25, 0.3) is 0 Å². The third-order valence-corrected chi connectivity index (χ3v) is 1.96. The second-order valence-electron chi connectivity index (χ2n) is 2.34. The Morgan fingerprint density at radius 1 is 1.69 bits per heavy atom. The molecule has 3 nitrogen and oxygen atoms in total. The summed E-state index contributed by atoms with van der Waals surface area (Å²) in [6, 6.07) is 0. The van der Waals surface area contributed by atoms with Gasteiger partial charge in [0.2, 0.25) is 0 Å². The quantitative estimate of drug-likeness (QED) is 0.312. The van der Waals surface area contributed by atoms with E-state index in [1.165, 1.54) is 0 Å². The first-order valence-corrected chi connectivity index (χ1v) is 5.73. The average molecular weight is 298 g/mol. The van der Waals surface area contributed by atoms with Crippen molar-refractivity contribution in [1.82, 2.24) is 0 Å². The van der Waals surface area contributed by atoms with Gasteiger partial charge in [0.05, 0.1) is 13.2 Å². The molecule has 1 atom stereocenters. The molecule has 0 heterocycles. The van der Waals surface area contributed by atoms with Gasteiger partial charge in [0, 0.05) is 4.43 Å². The minimum Gasteiger partial charge on any atom is -0.464 e. The number of hydrogen-bond acceptors (Lipinski definition) is 3. The predicted octanol–water partition coefficient (Wildman–Crippen LogP) is 1.95. The van der Waals surface area contributed by atoms with E-state index in [0.29, 0.717) is 19.6 Å². The fourth-order valence-corrected chi connectivity index (χ4v) is 1.35. The second kappa shape index (κ2) is 8.50. The van der Waals surface area contributed by atoms with E-state index in [9.17, 15) is 4.79 Å². The van der Waals surface area contributed by atoms with Crippen molar-refractivity contribution in [3.05, 3.63) is 12.7 Å². The summed E-state index contributed by atoms with van der Waals surface area (Å²) in [7, 11) is 0. The molecule has 0 bridgehead atoms. The van der Waals surface area contributed by atoms with Crippen molar-refractivity contribution in [3.8, 4) is 0 Å². The smallest absolute Gasteiger partial charge is 0.335 e. The molecule has 0 saturated carbocycles. The summed E-state index contributed by atoms with van der Waals surface area (Å²) in [4.78, 5) is 11.3. The van der Waals surface area contributed by atoms with Crippen LogP contribution in [0.15, 0.2) is 12.7 Å². The zero-order chi connectivity index (χ0) is 10.1. The van der Waals surface area contributed by atoms with Crippen LogP contribution in [0.5, 0.6) is 0 Å². The monoisotopic (exact) mass is 298 g/mol. The molecule has 13 heavy (non-hydrogen) atoms. The summed E-state index contributed by atoms with van der Waals surface area (Å²) < 4.78 is 11.0. The Kier molecular flexibility index (Phi) is 8.43. The van der Waals surface area contributed by atoms with Gasteiger partial charge in [-0.2, -0.15) is 0 Å². The summed E-state index contributed by atoms with van der Waals surface area (Å²) in [5.41, 5.74) is 0. The van der Waals surface area contributed by atoms with Crippen LogP contribution in [0.25, 0.3) is 0 Å². The summed E-state index contributed by atoms with van der Waals surface area (Å²) >= 11 is 2.20. The Labute approximate surface area is 92.6 Å². The van der Waals surface area contributed by atoms with Crippen LogP contribution in [0, 0.1) is 0 Å². The van der Waals surface area contributed by atoms with Crippen LogP contribution in [0.4, 0.5) is 0 Å². The van der Waals surface area contributed by atoms with Crippen LogP contribution in [-0.2, 0) is 14.3 Å². The zero-order valence-electron chi connectivity index (χ0n) is 7.79. The molecule has 0 amide bonds. The highest BCUT2D eigenvalue weighted by Gasteiger charge is 2.18. The van der Waals surface area contributed by atoms with E-state index in [0.717, 1.165) is 4.43 Å². The molecule has 76 valence electrons. The van der Waals surface area contributed by atoms with Gasteiger partial charge >= 0.3 is 5.97 Å². The number of halogens is 1. The largest absolute Gasteiger partial charge is 0.464 e. The highest BCUT2D eigenvalue weighted by Crippen LogP contribution is 2.04. The predicted molar refractivity (Wildman–Crippen MR) is 60.1 cm³/mol. The van der Waals surface area contributed by atoms with E-state index < -0.39 is 6.10 Å². The van der Waals surface area contributed by atoms with Gasteiger partial charge in [-0.3, -0.25) is 0 Å². The number of alkyl halides is 1. The SMILES string of the molecule is C=CCOC(CCI)C(=O)OCC. The summed E-state index contributed by atoms with van der Waals surface area (Å²) in [5.74, 6) is -0.277. The number of carbonyl (C=O) groups is 1. The number of carbonyl (C=O) groups excluding carboxylic acids is 1. The molecule has 0 rings (SSSR count). The van der Waals surface area contributed by atoms with Gasteiger partial charge < -0.3 is 9.47 Å². The van der Waals surface area contributed by atoms with Gasteiger partial charge in [-0.1, -0.05) is 28.7 Å². The maximum Gasteiger partial charge on any atom is 0.335 e. The van der Waals surface area contributed by atoms with Gasteiger partial charge in [-0.05, 0) is 13.3 Å². The molecule has 0 aliphatic heterocycles. The summed E-state index contributed by atoms with van der Waals surface area (Å²) in [6.45, 7) is 6.09. The minimum atomic E-state index is -0.435. The zero-order valence-corrected chi connectivity index (χ0v) is 9.95. The van der Waals surface area contributed by atoms with Crippen molar-refractivity contribution in [2.45, 2.75) is 19.4 Å². The maximum atomic E-state index is 11.3. The lowest BCUT2D eigenvalue weighted by atomic mass is 10.3. The standard InChI is InChI=1S/C9H15IO3/c1-3-7-13-8(5-6-10)9(11)12-4-2/h3,8H,1,4-7H2,2H3. The molecule has 0 N–H and O–H groups in total. The first-order chi connectivity index (χ1) is 6.26. The third kappa shape index (κ3) is 6.04. The van der Waals surface area contributed by atoms with Crippen molar-refractivity contribution in [2.75, 3.05) is 17.6 Å². The van der Waals surface area contributed by atoms with Crippen molar-refractivity contribution in [2.24, 2.45) is 0 Å². The van der Waals surface area contributed by atoms with E-state index in [1.54, 1.807) is 13.0 Å². The Balaban J connectivity index is 3.90. The van der Waals surface area contributed by atoms with Gasteiger partial charge in [-0.15, -0.1) is 6.58 Å². The Morgan fingerprint density at radius 3 is 2.85 bits per heavy atom. The van der Waals surface area contributed by atoms with Crippen molar-refractivity contribution in [1.29, 1.82) is 0 Å². The molecule has 0 spiro atoms. The number of rotatable bonds is 7. The Hall–Kier alpha value is -0.100. The third-order valence-electron chi connectivity index (χ3n) is 1.34. The van der Waals surface area contributed by atoms with Crippen molar-refractivity contribution >= 4 is 28.6 Å². The Morgan fingerprint density at radius 2 is 2.38 bits per heavy atom. The maximum absolute atomic E-state index is 11.3. The van der Waals surface area contributed by atoms with Crippen LogP contribution in [0.2, 0.25) is 0 Å². The molecular formula is C9H15IO3. The molecule has 0 aromatic rings. The molecule has 4 heteroatoms. The van der Waals surface area contributed by atoms with Crippen molar-refractivity contribution in [3.63, 3.8) is 0 Å². The highest BCUT2D eigenvalue weighted by molar-refractivity contribution is 14.1. The normalized spacial score (nSPS) is 12.2. The minimum absolute atomic E-state index is 0.277. The molecular weight excluding hydrogens is 283 g/mol. The molecule has 0 aliphatic rings. The van der Waals surface area contributed by atoms with Gasteiger partial charge in [0.15, 0.2) is 6.10 Å². The number of ether oxygens (including phenoxy) is 2. The topological polar surface area (TPSA) is 35.5 Å². The molecule has 0 aliphatic carbocycles. The van der Waals surface area contributed by atoms with E-state index in [2.05, 4.69) is 29.2 Å². The molecule has 1 unspecified atom stereocenters. The van der Waals surface area contributed by atoms with Crippen LogP contribution >= 0.6 is 22.6 Å².